The lowest BCUT2D eigenvalue weighted by Crippen LogP contribution is -2.05. The molecule has 0 atom stereocenters. The molecule has 1 N–H and O–H groups in total. The normalized spacial score (nSPS) is 9.64. The first-order valence-electron chi connectivity index (χ1n) is 4.11. The molecule has 11 heavy (non-hydrogen) atoms. The molecule has 0 heterocycles. The first-order chi connectivity index (χ1) is 5.41. The highest BCUT2D eigenvalue weighted by Gasteiger charge is 1.76. The molecule has 0 saturated heterocycles. The van der Waals surface area contributed by atoms with Crippen molar-refractivity contribution in [1.82, 2.24) is 5.32 Å². The van der Waals surface area contributed by atoms with Gasteiger partial charge in [0.05, 0.1) is 0 Å². The van der Waals surface area contributed by atoms with Gasteiger partial charge in [-0.3, -0.25) is 0 Å². The Balaban J connectivity index is 3.07. The van der Waals surface area contributed by atoms with Crippen LogP contribution in [-0.2, 0) is 0 Å². The monoisotopic (exact) mass is 151 g/mol. The largest absolute Gasteiger partial charge is 0.319 e. The molecule has 0 aromatic heterocycles. The topological polar surface area (TPSA) is 12.0 Å². The molecule has 0 rings (SSSR count). The molecule has 1 heteroatoms. The van der Waals surface area contributed by atoms with Crippen LogP contribution in [0.1, 0.15) is 26.2 Å². The Hall–Kier alpha value is -0.740. The van der Waals surface area contributed by atoms with E-state index in [0.717, 1.165) is 25.8 Å². The number of hydrogen-bond acceptors (Lipinski definition) is 1. The fourth-order valence-electron chi connectivity index (χ4n) is 0.744. The van der Waals surface area contributed by atoms with E-state index in [4.69, 9.17) is 0 Å². The van der Waals surface area contributed by atoms with Gasteiger partial charge in [-0.2, -0.15) is 0 Å². The van der Waals surface area contributed by atoms with Crippen LogP contribution in [0.25, 0.3) is 0 Å². The molecule has 1 nitrogen and oxygen atoms in total. The quantitative estimate of drug-likeness (QED) is 0.360. The molecule has 0 spiro atoms. The van der Waals surface area contributed by atoms with Gasteiger partial charge in [-0.1, -0.05) is 12.2 Å². The van der Waals surface area contributed by atoms with Gasteiger partial charge in [0, 0.05) is 6.42 Å². The van der Waals surface area contributed by atoms with Crippen molar-refractivity contribution in [3.05, 3.63) is 12.2 Å². The molecule has 0 radical (unpaired) electrons. The summed E-state index contributed by atoms with van der Waals surface area (Å²) in [5.41, 5.74) is 0. The molecule has 0 aromatic carbocycles. The summed E-state index contributed by atoms with van der Waals surface area (Å²) in [5.74, 6) is 5.90. The smallest absolute Gasteiger partial charge is 0.0123 e. The number of hydrogen-bond donors (Lipinski definition) is 1. The number of allylic oxidation sites excluding steroid dienone is 1. The third-order valence-electron chi connectivity index (χ3n) is 1.34. The SMILES string of the molecule is CC#CCC/C=C/CCNC. The van der Waals surface area contributed by atoms with Crippen LogP contribution in [0.3, 0.4) is 0 Å². The molecule has 0 aromatic rings. The Morgan fingerprint density at radius 3 is 2.64 bits per heavy atom. The standard InChI is InChI=1S/C10H17N/c1-3-4-5-6-7-8-9-10-11-2/h7-8,11H,5-6,9-10H2,1-2H3/b8-7+. The molecular weight excluding hydrogens is 134 g/mol. The van der Waals surface area contributed by atoms with Crippen LogP contribution in [0, 0.1) is 11.8 Å². The molecular formula is C10H17N. The summed E-state index contributed by atoms with van der Waals surface area (Å²) in [7, 11) is 1.97. The molecule has 0 fully saturated rings. The summed E-state index contributed by atoms with van der Waals surface area (Å²) in [6.45, 7) is 2.95. The van der Waals surface area contributed by atoms with Gasteiger partial charge in [-0.05, 0) is 33.4 Å². The Bertz CT molecular complexity index is 148. The predicted molar refractivity (Wildman–Crippen MR) is 50.4 cm³/mol. The Morgan fingerprint density at radius 2 is 2.00 bits per heavy atom. The van der Waals surface area contributed by atoms with E-state index in [1.165, 1.54) is 0 Å². The third kappa shape index (κ3) is 9.26. The van der Waals surface area contributed by atoms with Crippen molar-refractivity contribution in [3.63, 3.8) is 0 Å². The maximum atomic E-state index is 3.09. The van der Waals surface area contributed by atoms with Crippen LogP contribution in [-0.4, -0.2) is 13.6 Å². The molecule has 0 unspecified atom stereocenters. The molecule has 0 aliphatic rings. The number of unbranched alkanes of at least 4 members (excludes halogenated alkanes) is 1. The fraction of sp³-hybridized carbons (Fsp3) is 0.600. The predicted octanol–water partition coefficient (Wildman–Crippen LogP) is 1.96. The van der Waals surface area contributed by atoms with Crippen molar-refractivity contribution < 1.29 is 0 Å². The van der Waals surface area contributed by atoms with E-state index in [-0.39, 0.29) is 0 Å². The second-order valence-corrected chi connectivity index (χ2v) is 2.33. The number of nitrogens with one attached hydrogen (secondary N) is 1. The van der Waals surface area contributed by atoms with E-state index in [2.05, 4.69) is 29.3 Å². The van der Waals surface area contributed by atoms with E-state index >= 15 is 0 Å². The highest BCUT2D eigenvalue weighted by molar-refractivity contribution is 4.97. The van der Waals surface area contributed by atoms with Gasteiger partial charge >= 0.3 is 0 Å². The lowest BCUT2D eigenvalue weighted by Gasteiger charge is -1.90. The van der Waals surface area contributed by atoms with Crippen molar-refractivity contribution >= 4 is 0 Å². The average molecular weight is 151 g/mol. The van der Waals surface area contributed by atoms with Crippen molar-refractivity contribution in [2.24, 2.45) is 0 Å². The van der Waals surface area contributed by atoms with Gasteiger partial charge in [0.2, 0.25) is 0 Å². The van der Waals surface area contributed by atoms with Crippen LogP contribution in [0.2, 0.25) is 0 Å². The summed E-state index contributed by atoms with van der Waals surface area (Å²) in [6.07, 6.45) is 7.60. The molecule has 0 aliphatic heterocycles. The Labute approximate surface area is 69.9 Å². The van der Waals surface area contributed by atoms with Gasteiger partial charge < -0.3 is 5.32 Å². The van der Waals surface area contributed by atoms with Crippen LogP contribution in [0.5, 0.6) is 0 Å². The van der Waals surface area contributed by atoms with Gasteiger partial charge in [0.15, 0.2) is 0 Å². The second-order valence-electron chi connectivity index (χ2n) is 2.33. The molecule has 0 amide bonds. The summed E-state index contributed by atoms with van der Waals surface area (Å²) in [4.78, 5) is 0. The van der Waals surface area contributed by atoms with Gasteiger partial charge in [0.1, 0.15) is 0 Å². The summed E-state index contributed by atoms with van der Waals surface area (Å²) >= 11 is 0. The number of rotatable bonds is 5. The molecule has 62 valence electrons. The first kappa shape index (κ1) is 10.3. The van der Waals surface area contributed by atoms with Gasteiger partial charge in [0.25, 0.3) is 0 Å². The van der Waals surface area contributed by atoms with Crippen molar-refractivity contribution in [3.8, 4) is 11.8 Å². The zero-order chi connectivity index (χ0) is 8.36. The highest BCUT2D eigenvalue weighted by atomic mass is 14.8. The van der Waals surface area contributed by atoms with Crippen LogP contribution < -0.4 is 5.32 Å². The van der Waals surface area contributed by atoms with Crippen molar-refractivity contribution in [2.75, 3.05) is 13.6 Å². The van der Waals surface area contributed by atoms with E-state index in [9.17, 15) is 0 Å². The van der Waals surface area contributed by atoms with Crippen LogP contribution in [0.15, 0.2) is 12.2 Å². The third-order valence-corrected chi connectivity index (χ3v) is 1.34. The zero-order valence-corrected chi connectivity index (χ0v) is 7.48. The minimum Gasteiger partial charge on any atom is -0.319 e. The van der Waals surface area contributed by atoms with Crippen molar-refractivity contribution in [1.29, 1.82) is 0 Å². The van der Waals surface area contributed by atoms with E-state index in [0.29, 0.717) is 0 Å². The lowest BCUT2D eigenvalue weighted by atomic mass is 10.2. The Morgan fingerprint density at radius 1 is 1.27 bits per heavy atom. The van der Waals surface area contributed by atoms with Gasteiger partial charge in [-0.25, -0.2) is 0 Å². The second kappa shape index (κ2) is 9.26. The molecule has 0 aliphatic carbocycles. The van der Waals surface area contributed by atoms with Crippen molar-refractivity contribution in [2.45, 2.75) is 26.2 Å². The molecule has 0 bridgehead atoms. The van der Waals surface area contributed by atoms with Gasteiger partial charge in [-0.15, -0.1) is 11.8 Å². The Kier molecular flexibility index (Phi) is 8.64. The minimum absolute atomic E-state index is 0.993. The average Bonchev–Trinajstić information content (AvgIpc) is 2.03. The highest BCUT2D eigenvalue weighted by Crippen LogP contribution is 1.90. The van der Waals surface area contributed by atoms with E-state index in [1.807, 2.05) is 14.0 Å². The molecule has 0 saturated carbocycles. The summed E-state index contributed by atoms with van der Waals surface area (Å²) in [6, 6.07) is 0. The van der Waals surface area contributed by atoms with Crippen LogP contribution in [0.4, 0.5) is 0 Å². The fourth-order valence-corrected chi connectivity index (χ4v) is 0.744. The summed E-state index contributed by atoms with van der Waals surface area (Å²) < 4.78 is 0. The zero-order valence-electron chi connectivity index (χ0n) is 7.48. The van der Waals surface area contributed by atoms with E-state index in [1.54, 1.807) is 0 Å². The van der Waals surface area contributed by atoms with Crippen LogP contribution >= 0.6 is 0 Å². The first-order valence-corrected chi connectivity index (χ1v) is 4.11. The maximum Gasteiger partial charge on any atom is 0.0123 e. The minimum atomic E-state index is 0.993. The lowest BCUT2D eigenvalue weighted by molar-refractivity contribution is 0.805. The van der Waals surface area contributed by atoms with E-state index < -0.39 is 0 Å². The maximum absolute atomic E-state index is 3.09. The summed E-state index contributed by atoms with van der Waals surface area (Å²) in [5, 5.41) is 3.09.